The van der Waals surface area contributed by atoms with Gasteiger partial charge in [0.2, 0.25) is 5.89 Å². The summed E-state index contributed by atoms with van der Waals surface area (Å²) < 4.78 is 5.21. The predicted octanol–water partition coefficient (Wildman–Crippen LogP) is 3.09. The number of carbonyl (C=O) groups is 1. The Balaban J connectivity index is 2.35. The number of hydrogen-bond donors (Lipinski definition) is 0. The molecule has 2 aromatic rings. The van der Waals surface area contributed by atoms with E-state index in [1.54, 1.807) is 6.92 Å². The molecule has 100 valence electrons. The maximum atomic E-state index is 11.3. The summed E-state index contributed by atoms with van der Waals surface area (Å²) in [6.07, 6.45) is 0. The highest BCUT2D eigenvalue weighted by molar-refractivity contribution is 5.81. The monoisotopic (exact) mass is 258 g/mol. The van der Waals surface area contributed by atoms with Crippen molar-refractivity contribution in [2.45, 2.75) is 39.0 Å². The number of benzene rings is 1. The molecule has 1 atom stereocenters. The summed E-state index contributed by atoms with van der Waals surface area (Å²) in [6.45, 7) is 7.37. The van der Waals surface area contributed by atoms with Crippen LogP contribution >= 0.6 is 0 Å². The lowest BCUT2D eigenvalue weighted by atomic mass is 9.84. The van der Waals surface area contributed by atoms with Crippen molar-refractivity contribution >= 4 is 5.78 Å². The van der Waals surface area contributed by atoms with Crippen LogP contribution in [0.15, 0.2) is 34.9 Å². The Labute approximate surface area is 112 Å². The second kappa shape index (κ2) is 4.96. The zero-order valence-corrected chi connectivity index (χ0v) is 11.7. The number of rotatable bonds is 4. The molecule has 0 saturated heterocycles. The molecule has 1 aromatic heterocycles. The molecule has 1 aromatic carbocycles. The van der Waals surface area contributed by atoms with Gasteiger partial charge in [0.25, 0.3) is 0 Å². The van der Waals surface area contributed by atoms with E-state index in [9.17, 15) is 4.79 Å². The fourth-order valence-corrected chi connectivity index (χ4v) is 1.82. The first kappa shape index (κ1) is 13.5. The maximum Gasteiger partial charge on any atom is 0.236 e. The van der Waals surface area contributed by atoms with Gasteiger partial charge in [-0.1, -0.05) is 35.5 Å². The van der Waals surface area contributed by atoms with Gasteiger partial charge >= 0.3 is 0 Å². The second-order valence-electron chi connectivity index (χ2n) is 5.28. The van der Waals surface area contributed by atoms with E-state index in [0.29, 0.717) is 11.7 Å². The first-order chi connectivity index (χ1) is 8.93. The Bertz CT molecular complexity index is 573. The van der Waals surface area contributed by atoms with Crippen LogP contribution in [-0.2, 0) is 10.2 Å². The summed E-state index contributed by atoms with van der Waals surface area (Å²) in [5.41, 5.74) is 0.761. The van der Waals surface area contributed by atoms with Gasteiger partial charge in [-0.05, 0) is 33.3 Å². The van der Waals surface area contributed by atoms with Crippen molar-refractivity contribution in [3.05, 3.63) is 47.6 Å². The lowest BCUT2D eigenvalue weighted by Crippen LogP contribution is -2.20. The van der Waals surface area contributed by atoms with Gasteiger partial charge in [-0.2, -0.15) is 4.98 Å². The van der Waals surface area contributed by atoms with Crippen LogP contribution in [0.3, 0.4) is 0 Å². The molecule has 2 rings (SSSR count). The van der Waals surface area contributed by atoms with Gasteiger partial charge in [0.15, 0.2) is 5.82 Å². The van der Waals surface area contributed by atoms with Crippen molar-refractivity contribution < 1.29 is 9.32 Å². The average Bonchev–Trinajstić information content (AvgIpc) is 2.89. The first-order valence-electron chi connectivity index (χ1n) is 6.33. The van der Waals surface area contributed by atoms with Crippen LogP contribution in [0.5, 0.6) is 0 Å². The molecule has 0 bridgehead atoms. The largest absolute Gasteiger partial charge is 0.339 e. The minimum Gasteiger partial charge on any atom is -0.339 e. The van der Waals surface area contributed by atoms with E-state index in [1.165, 1.54) is 6.92 Å². The van der Waals surface area contributed by atoms with Crippen LogP contribution in [0, 0.1) is 0 Å². The summed E-state index contributed by atoms with van der Waals surface area (Å²) in [7, 11) is 0. The standard InChI is InChI=1S/C15H18N2O2/c1-10(11(2)18)13-16-14(17-19-13)15(3,4)12-8-6-5-7-9-12/h5-10H,1-4H3. The van der Waals surface area contributed by atoms with Crippen LogP contribution in [0.1, 0.15) is 50.9 Å². The van der Waals surface area contributed by atoms with Crippen LogP contribution in [0.2, 0.25) is 0 Å². The summed E-state index contributed by atoms with van der Waals surface area (Å²) in [5.74, 6) is 0.647. The average molecular weight is 258 g/mol. The van der Waals surface area contributed by atoms with E-state index >= 15 is 0 Å². The van der Waals surface area contributed by atoms with Gasteiger partial charge < -0.3 is 4.52 Å². The Kier molecular flexibility index (Phi) is 3.51. The van der Waals surface area contributed by atoms with E-state index in [0.717, 1.165) is 5.56 Å². The molecule has 0 aliphatic heterocycles. The molecule has 0 fully saturated rings. The molecular weight excluding hydrogens is 240 g/mol. The quantitative estimate of drug-likeness (QED) is 0.845. The number of aromatic nitrogens is 2. The minimum atomic E-state index is -0.354. The van der Waals surface area contributed by atoms with Gasteiger partial charge in [-0.3, -0.25) is 4.79 Å². The Morgan fingerprint density at radius 1 is 1.26 bits per heavy atom. The zero-order chi connectivity index (χ0) is 14.0. The molecule has 4 nitrogen and oxygen atoms in total. The van der Waals surface area contributed by atoms with Gasteiger partial charge in [-0.25, -0.2) is 0 Å². The smallest absolute Gasteiger partial charge is 0.236 e. The van der Waals surface area contributed by atoms with Crippen molar-refractivity contribution in [2.24, 2.45) is 0 Å². The molecule has 0 aliphatic rings. The molecule has 0 saturated carbocycles. The summed E-state index contributed by atoms with van der Waals surface area (Å²) in [4.78, 5) is 15.7. The second-order valence-corrected chi connectivity index (χ2v) is 5.28. The molecular formula is C15H18N2O2. The van der Waals surface area contributed by atoms with Gasteiger partial charge in [0.1, 0.15) is 5.78 Å². The van der Waals surface area contributed by atoms with E-state index in [-0.39, 0.29) is 17.1 Å². The predicted molar refractivity (Wildman–Crippen MR) is 72.0 cm³/mol. The Morgan fingerprint density at radius 3 is 2.47 bits per heavy atom. The summed E-state index contributed by atoms with van der Waals surface area (Å²) in [6, 6.07) is 10.0. The topological polar surface area (TPSA) is 56.0 Å². The molecule has 0 amide bonds. The molecule has 4 heteroatoms. The first-order valence-corrected chi connectivity index (χ1v) is 6.33. The molecule has 1 unspecified atom stereocenters. The molecule has 0 N–H and O–H groups in total. The van der Waals surface area contributed by atoms with E-state index < -0.39 is 0 Å². The highest BCUT2D eigenvalue weighted by atomic mass is 16.5. The van der Waals surface area contributed by atoms with Crippen LogP contribution in [-0.4, -0.2) is 15.9 Å². The van der Waals surface area contributed by atoms with Crippen molar-refractivity contribution in [1.29, 1.82) is 0 Å². The van der Waals surface area contributed by atoms with Gasteiger partial charge in [0, 0.05) is 0 Å². The van der Waals surface area contributed by atoms with E-state index in [4.69, 9.17) is 4.52 Å². The number of ketones is 1. The minimum absolute atomic E-state index is 0.0210. The number of hydrogen-bond acceptors (Lipinski definition) is 4. The van der Waals surface area contributed by atoms with Gasteiger partial charge in [0.05, 0.1) is 11.3 Å². The summed E-state index contributed by atoms with van der Waals surface area (Å²) >= 11 is 0. The number of carbonyl (C=O) groups excluding carboxylic acids is 1. The van der Waals surface area contributed by atoms with E-state index in [1.807, 2.05) is 44.2 Å². The molecule has 0 aliphatic carbocycles. The van der Waals surface area contributed by atoms with Crippen LogP contribution < -0.4 is 0 Å². The highest BCUT2D eigenvalue weighted by Crippen LogP contribution is 2.30. The highest BCUT2D eigenvalue weighted by Gasteiger charge is 2.30. The SMILES string of the molecule is CC(=O)C(C)c1nc(C(C)(C)c2ccccc2)no1. The van der Waals surface area contributed by atoms with Gasteiger partial charge in [-0.15, -0.1) is 0 Å². The van der Waals surface area contributed by atoms with Crippen molar-refractivity contribution in [1.82, 2.24) is 10.1 Å². The fraction of sp³-hybridized carbons (Fsp3) is 0.400. The normalized spacial score (nSPS) is 13.3. The lowest BCUT2D eigenvalue weighted by molar-refractivity contribution is -0.118. The molecule has 0 spiro atoms. The summed E-state index contributed by atoms with van der Waals surface area (Å²) in [5, 5.41) is 4.03. The van der Waals surface area contributed by atoms with Crippen molar-refractivity contribution in [2.75, 3.05) is 0 Å². The lowest BCUT2D eigenvalue weighted by Gasteiger charge is -2.20. The Hall–Kier alpha value is -1.97. The van der Waals surface area contributed by atoms with Crippen molar-refractivity contribution in [3.63, 3.8) is 0 Å². The maximum absolute atomic E-state index is 11.3. The number of nitrogens with zero attached hydrogens (tertiary/aromatic N) is 2. The molecule has 19 heavy (non-hydrogen) atoms. The zero-order valence-electron chi connectivity index (χ0n) is 11.7. The third-order valence-electron chi connectivity index (χ3n) is 3.48. The number of Topliss-reactive ketones (excluding diaryl/α,β-unsaturated/α-hetero) is 1. The third kappa shape index (κ3) is 2.57. The van der Waals surface area contributed by atoms with Crippen molar-refractivity contribution in [3.8, 4) is 0 Å². The molecule has 1 heterocycles. The molecule has 0 radical (unpaired) electrons. The van der Waals surface area contributed by atoms with Crippen LogP contribution in [0.4, 0.5) is 0 Å². The third-order valence-corrected chi connectivity index (χ3v) is 3.48. The van der Waals surface area contributed by atoms with E-state index in [2.05, 4.69) is 10.1 Å². The Morgan fingerprint density at radius 2 is 1.89 bits per heavy atom. The van der Waals surface area contributed by atoms with Crippen LogP contribution in [0.25, 0.3) is 0 Å². The fourth-order valence-electron chi connectivity index (χ4n) is 1.82.